The van der Waals surface area contributed by atoms with Crippen molar-refractivity contribution >= 4 is 52.8 Å². The predicted molar refractivity (Wildman–Crippen MR) is 253 cm³/mol. The fourth-order valence-electron chi connectivity index (χ4n) is 7.60. The van der Waals surface area contributed by atoms with E-state index in [1.54, 1.807) is 4.90 Å². The average Bonchev–Trinajstić information content (AvgIpc) is 3.85. The van der Waals surface area contributed by atoms with Gasteiger partial charge >= 0.3 is 5.97 Å². The molecule has 1 unspecified atom stereocenters. The van der Waals surface area contributed by atoms with Crippen molar-refractivity contribution in [2.45, 2.75) is 58.5 Å². The molecule has 0 saturated carbocycles. The molecule has 4 rings (SSSR count). The lowest BCUT2D eigenvalue weighted by molar-refractivity contribution is -0.141. The van der Waals surface area contributed by atoms with Crippen molar-refractivity contribution in [1.82, 2.24) is 20.4 Å². The van der Waals surface area contributed by atoms with Gasteiger partial charge in [0.2, 0.25) is 17.7 Å². The van der Waals surface area contributed by atoms with Crippen LogP contribution in [0.15, 0.2) is 78.4 Å². The number of allylic oxidation sites excluding steroid dienone is 3. The first-order chi connectivity index (χ1) is 32.6. The third-order valence-electron chi connectivity index (χ3n) is 10.8. The third-order valence-corrected chi connectivity index (χ3v) is 11.8. The Morgan fingerprint density at radius 3 is 2.12 bits per heavy atom. The van der Waals surface area contributed by atoms with Gasteiger partial charge in [-0.2, -0.15) is 0 Å². The Morgan fingerprint density at radius 2 is 1.50 bits per heavy atom. The van der Waals surface area contributed by atoms with Gasteiger partial charge in [0.05, 0.1) is 64.6 Å². The molecule has 5 amide bonds. The highest BCUT2D eigenvalue weighted by Gasteiger charge is 2.40. The van der Waals surface area contributed by atoms with Gasteiger partial charge < -0.3 is 45.3 Å². The number of nitrogens with one attached hydrogen (secondary N) is 2. The minimum Gasteiger partial charge on any atom is -0.480 e. The lowest BCUT2D eigenvalue weighted by atomic mass is 9.76. The minimum atomic E-state index is -1.26. The molecule has 3 atom stereocenters. The van der Waals surface area contributed by atoms with Crippen LogP contribution in [-0.2, 0) is 54.1 Å². The van der Waals surface area contributed by atoms with Crippen LogP contribution in [0.2, 0.25) is 0 Å². The fraction of sp³-hybridized carbons (Fsp3) is 0.510. The number of nitrogens with two attached hydrogens (primary N) is 1. The monoisotopic (exact) mass is 969 g/mol. The van der Waals surface area contributed by atoms with Crippen molar-refractivity contribution in [2.24, 2.45) is 17.1 Å². The molecule has 2 aliphatic rings. The summed E-state index contributed by atoms with van der Waals surface area (Å²) in [5, 5.41) is 15.1. The summed E-state index contributed by atoms with van der Waals surface area (Å²) in [4.78, 5) is 76.8. The van der Waals surface area contributed by atoms with Crippen LogP contribution in [0, 0.1) is 23.0 Å². The van der Waals surface area contributed by atoms with E-state index in [2.05, 4.69) is 10.6 Å². The van der Waals surface area contributed by atoms with Gasteiger partial charge in [-0.1, -0.05) is 63.3 Å². The zero-order valence-electron chi connectivity index (χ0n) is 39.1. The summed E-state index contributed by atoms with van der Waals surface area (Å²) in [7, 11) is 0. The van der Waals surface area contributed by atoms with Crippen LogP contribution in [0.3, 0.4) is 0 Å². The summed E-state index contributed by atoms with van der Waals surface area (Å²) in [5.41, 5.74) is 7.99. The number of nitrogens with zero attached hydrogens (tertiary/aromatic N) is 2. The smallest absolute Gasteiger partial charge is 0.327 e. The number of carbonyl (C=O) groups excluding carboxylic acids is 5. The van der Waals surface area contributed by atoms with E-state index >= 15 is 4.39 Å². The molecule has 19 heteroatoms. The van der Waals surface area contributed by atoms with Crippen LogP contribution in [0.1, 0.15) is 51.2 Å². The number of aliphatic carboxylic acids is 1. The summed E-state index contributed by atoms with van der Waals surface area (Å²) in [6.07, 6.45) is 7.11. The molecule has 0 spiro atoms. The molecular formula is C49H65F2N5O11S. The van der Waals surface area contributed by atoms with Gasteiger partial charge in [-0.3, -0.25) is 28.9 Å². The van der Waals surface area contributed by atoms with Gasteiger partial charge in [-0.15, -0.1) is 11.8 Å². The van der Waals surface area contributed by atoms with Gasteiger partial charge in [0, 0.05) is 61.9 Å². The molecule has 0 saturated heterocycles. The number of carboxylic acids is 1. The second kappa shape index (κ2) is 28.9. The lowest BCUT2D eigenvalue weighted by Crippen LogP contribution is -2.51. The first-order valence-corrected chi connectivity index (χ1v) is 23.9. The molecule has 5 N–H and O–H groups in total. The molecule has 2 aromatic rings. The van der Waals surface area contributed by atoms with E-state index in [0.29, 0.717) is 57.9 Å². The van der Waals surface area contributed by atoms with Crippen LogP contribution in [-0.4, -0.2) is 153 Å². The van der Waals surface area contributed by atoms with Crippen LogP contribution in [0.5, 0.6) is 0 Å². The number of carboxylic acid groups (broad SMARTS) is 1. The van der Waals surface area contributed by atoms with Gasteiger partial charge in [0.1, 0.15) is 17.7 Å². The Kier molecular flexibility index (Phi) is 23.5. The summed E-state index contributed by atoms with van der Waals surface area (Å²) in [5.74, 6) is -4.71. The van der Waals surface area contributed by atoms with Crippen molar-refractivity contribution in [3.63, 3.8) is 0 Å². The van der Waals surface area contributed by atoms with E-state index in [1.807, 2.05) is 63.3 Å². The molecule has 0 aromatic heterocycles. The highest BCUT2D eigenvalue weighted by Crippen LogP contribution is 2.42. The number of hydrogen-bond acceptors (Lipinski definition) is 12. The Morgan fingerprint density at radius 1 is 0.868 bits per heavy atom. The van der Waals surface area contributed by atoms with E-state index in [9.17, 15) is 38.3 Å². The second-order valence-electron chi connectivity index (χ2n) is 17.1. The summed E-state index contributed by atoms with van der Waals surface area (Å²) in [6, 6.07) is 11.4. The minimum absolute atomic E-state index is 0.00427. The van der Waals surface area contributed by atoms with E-state index in [-0.39, 0.29) is 87.2 Å². The maximum Gasteiger partial charge on any atom is 0.327 e. The number of ether oxygens (including phenoxy) is 4. The number of thioether (sulfide) groups is 1. The maximum atomic E-state index is 15.2. The van der Waals surface area contributed by atoms with Crippen molar-refractivity contribution in [3.05, 3.63) is 101 Å². The third kappa shape index (κ3) is 18.6. The normalized spacial score (nSPS) is 15.6. The van der Waals surface area contributed by atoms with Crippen LogP contribution in [0.25, 0.3) is 5.57 Å². The van der Waals surface area contributed by atoms with Gasteiger partial charge in [0.15, 0.2) is 0 Å². The molecule has 68 heavy (non-hydrogen) atoms. The van der Waals surface area contributed by atoms with Crippen LogP contribution in [0.4, 0.5) is 8.78 Å². The number of hydrogen-bond donors (Lipinski definition) is 4. The Labute approximate surface area is 401 Å². The zero-order chi connectivity index (χ0) is 49.5. The number of benzene rings is 2. The Hall–Kier alpha value is -5.31. The van der Waals surface area contributed by atoms with Gasteiger partial charge in [0.25, 0.3) is 11.8 Å². The molecule has 372 valence electrons. The Bertz CT molecular complexity index is 2080. The highest BCUT2D eigenvalue weighted by molar-refractivity contribution is 8.00. The first kappa shape index (κ1) is 55.3. The molecule has 1 heterocycles. The standard InChI is InChI=1S/C49H65F2N5O11S/c1-49(2,3)47(39-30-36(38-31-37(50)10-11-40(38)51)29-35(39)28-34-8-5-4-6-9-34)56(18-7-16-52)46(61)33-68-32-41(48(62)63)54-43(58)15-20-64-22-24-66-26-27-67-25-23-65-21-17-53-42(57)14-19-55-44(59)12-13-45(55)60/h4-6,8-13,29-31,35,41,47H,7,14-28,32-33,52H2,1-3H3,(H,53,57)(H,54,58)(H,62,63)/t35?,41-,47-/m0/s1. The molecule has 0 fully saturated rings. The fourth-order valence-corrected chi connectivity index (χ4v) is 8.52. The van der Waals surface area contributed by atoms with Crippen LogP contribution < -0.4 is 16.4 Å². The van der Waals surface area contributed by atoms with Gasteiger partial charge in [-0.05, 0) is 59.7 Å². The molecule has 16 nitrogen and oxygen atoms in total. The van der Waals surface area contributed by atoms with Crippen molar-refractivity contribution in [3.8, 4) is 0 Å². The van der Waals surface area contributed by atoms with E-state index in [1.165, 1.54) is 18.2 Å². The quantitative estimate of drug-likeness (QED) is 0.0605. The van der Waals surface area contributed by atoms with Crippen molar-refractivity contribution in [1.29, 1.82) is 0 Å². The summed E-state index contributed by atoms with van der Waals surface area (Å²) in [6.45, 7) is 8.91. The maximum absolute atomic E-state index is 15.2. The highest BCUT2D eigenvalue weighted by atomic mass is 32.2. The lowest BCUT2D eigenvalue weighted by Gasteiger charge is -2.43. The second-order valence-corrected chi connectivity index (χ2v) is 18.1. The molecule has 0 bridgehead atoms. The molecule has 0 radical (unpaired) electrons. The van der Waals surface area contributed by atoms with Crippen molar-refractivity contribution in [2.75, 3.05) is 90.5 Å². The van der Waals surface area contributed by atoms with E-state index in [4.69, 9.17) is 24.7 Å². The molecule has 1 aliphatic carbocycles. The molecule has 1 aliphatic heterocycles. The zero-order valence-corrected chi connectivity index (χ0v) is 39.9. The number of carbonyl (C=O) groups is 6. The van der Waals surface area contributed by atoms with Crippen molar-refractivity contribution < 1.29 is 61.6 Å². The Balaban J connectivity index is 1.15. The van der Waals surface area contributed by atoms with Gasteiger partial charge in [-0.25, -0.2) is 13.6 Å². The predicted octanol–water partition coefficient (Wildman–Crippen LogP) is 3.93. The molecular weight excluding hydrogens is 905 g/mol. The average molecular weight is 970 g/mol. The number of imide groups is 1. The topological polar surface area (TPSA) is 216 Å². The van der Waals surface area contributed by atoms with E-state index in [0.717, 1.165) is 39.9 Å². The molecule has 2 aromatic carbocycles. The first-order valence-electron chi connectivity index (χ1n) is 22.7. The van der Waals surface area contributed by atoms with E-state index < -0.39 is 52.8 Å². The number of rotatable bonds is 32. The summed E-state index contributed by atoms with van der Waals surface area (Å²) >= 11 is 1.09. The number of amides is 5. The number of halogens is 2. The SMILES string of the molecule is CC(C)(C)[C@H](C1=CC(c2cc(F)ccc2F)=CC1Cc1ccccc1)N(CCCN)C(=O)CSC[C@H](NC(=O)CCOCCOCCOCCOCCNC(=O)CCN1C(=O)C=CC1=O)C(=O)O. The summed E-state index contributed by atoms with van der Waals surface area (Å²) < 4.78 is 51.4. The largest absolute Gasteiger partial charge is 0.480 e. The van der Waals surface area contributed by atoms with Crippen LogP contribution >= 0.6 is 11.8 Å².